The lowest BCUT2D eigenvalue weighted by atomic mass is 10.2. The largest absolute Gasteiger partial charge is 0.457 e. The molecule has 1 N–H and O–H groups in total. The van der Waals surface area contributed by atoms with Crippen LogP contribution in [0.3, 0.4) is 0 Å². The first kappa shape index (κ1) is 14.5. The van der Waals surface area contributed by atoms with E-state index in [2.05, 4.69) is 10.3 Å². The van der Waals surface area contributed by atoms with E-state index >= 15 is 0 Å². The Bertz CT molecular complexity index is 645. The van der Waals surface area contributed by atoms with Crippen LogP contribution in [0.1, 0.15) is 17.4 Å². The zero-order valence-electron chi connectivity index (χ0n) is 12.5. The molecule has 0 saturated carbocycles. The molecular weight excluding hydrogens is 278 g/mol. The van der Waals surface area contributed by atoms with Crippen molar-refractivity contribution in [3.63, 3.8) is 0 Å². The maximum atomic E-state index is 12.6. The number of aromatic nitrogens is 1. The van der Waals surface area contributed by atoms with Crippen molar-refractivity contribution >= 4 is 5.91 Å². The Morgan fingerprint density at radius 3 is 2.86 bits per heavy atom. The van der Waals surface area contributed by atoms with Gasteiger partial charge in [0.25, 0.3) is 5.91 Å². The van der Waals surface area contributed by atoms with Crippen molar-refractivity contribution in [3.8, 4) is 11.5 Å². The van der Waals surface area contributed by atoms with Crippen molar-refractivity contribution in [2.75, 3.05) is 19.6 Å². The zero-order chi connectivity index (χ0) is 15.4. The SMILES string of the molecule is C[C@H]1CNCCN1C(=O)c1cc(Oc2ccccc2)ccn1. The topological polar surface area (TPSA) is 54.5 Å². The summed E-state index contributed by atoms with van der Waals surface area (Å²) in [6, 6.07) is 13.1. The fourth-order valence-electron chi connectivity index (χ4n) is 2.51. The van der Waals surface area contributed by atoms with Gasteiger partial charge in [0.2, 0.25) is 0 Å². The summed E-state index contributed by atoms with van der Waals surface area (Å²) in [5.41, 5.74) is 0.419. The lowest BCUT2D eigenvalue weighted by Crippen LogP contribution is -2.52. The summed E-state index contributed by atoms with van der Waals surface area (Å²) in [5.74, 6) is 1.31. The van der Waals surface area contributed by atoms with Crippen LogP contribution < -0.4 is 10.1 Å². The minimum absolute atomic E-state index is 0.0486. The van der Waals surface area contributed by atoms with E-state index in [1.54, 1.807) is 18.3 Å². The van der Waals surface area contributed by atoms with Crippen LogP contribution in [0.5, 0.6) is 11.5 Å². The Morgan fingerprint density at radius 1 is 1.27 bits per heavy atom. The van der Waals surface area contributed by atoms with Crippen molar-refractivity contribution in [1.29, 1.82) is 0 Å². The van der Waals surface area contributed by atoms with Crippen LogP contribution in [-0.4, -0.2) is 41.5 Å². The van der Waals surface area contributed by atoms with Crippen molar-refractivity contribution in [1.82, 2.24) is 15.2 Å². The second kappa shape index (κ2) is 6.58. The van der Waals surface area contributed by atoms with Crippen molar-refractivity contribution < 1.29 is 9.53 Å². The van der Waals surface area contributed by atoms with Gasteiger partial charge < -0.3 is 15.0 Å². The first-order valence-electron chi connectivity index (χ1n) is 7.44. The summed E-state index contributed by atoms with van der Waals surface area (Å²) in [7, 11) is 0. The Hall–Kier alpha value is -2.40. The van der Waals surface area contributed by atoms with Gasteiger partial charge in [0, 0.05) is 37.9 Å². The third kappa shape index (κ3) is 3.26. The monoisotopic (exact) mass is 297 g/mol. The number of para-hydroxylation sites is 1. The van der Waals surface area contributed by atoms with Crippen LogP contribution in [-0.2, 0) is 0 Å². The number of ether oxygens (including phenoxy) is 1. The van der Waals surface area contributed by atoms with E-state index in [-0.39, 0.29) is 11.9 Å². The molecule has 5 heteroatoms. The normalized spacial score (nSPS) is 18.0. The molecule has 0 aliphatic carbocycles. The van der Waals surface area contributed by atoms with E-state index in [4.69, 9.17) is 4.74 Å². The van der Waals surface area contributed by atoms with Crippen LogP contribution in [0.15, 0.2) is 48.7 Å². The summed E-state index contributed by atoms with van der Waals surface area (Å²) in [6.45, 7) is 4.36. The maximum absolute atomic E-state index is 12.6. The van der Waals surface area contributed by atoms with Gasteiger partial charge in [0.15, 0.2) is 0 Å². The van der Waals surface area contributed by atoms with Crippen LogP contribution in [0.2, 0.25) is 0 Å². The number of amides is 1. The zero-order valence-corrected chi connectivity index (χ0v) is 12.5. The first-order valence-corrected chi connectivity index (χ1v) is 7.44. The van der Waals surface area contributed by atoms with Gasteiger partial charge in [0.1, 0.15) is 17.2 Å². The van der Waals surface area contributed by atoms with Crippen molar-refractivity contribution in [3.05, 3.63) is 54.4 Å². The molecule has 1 fully saturated rings. The van der Waals surface area contributed by atoms with E-state index in [1.165, 1.54) is 0 Å². The average molecular weight is 297 g/mol. The predicted octanol–water partition coefficient (Wildman–Crippen LogP) is 2.31. The Labute approximate surface area is 129 Å². The van der Waals surface area contributed by atoms with Gasteiger partial charge in [-0.25, -0.2) is 0 Å². The minimum atomic E-state index is -0.0486. The number of piperazine rings is 1. The predicted molar refractivity (Wildman–Crippen MR) is 84.1 cm³/mol. The van der Waals surface area contributed by atoms with Gasteiger partial charge in [-0.15, -0.1) is 0 Å². The van der Waals surface area contributed by atoms with Crippen LogP contribution in [0, 0.1) is 0 Å². The number of pyridine rings is 1. The lowest BCUT2D eigenvalue weighted by Gasteiger charge is -2.33. The molecule has 0 bridgehead atoms. The van der Waals surface area contributed by atoms with Gasteiger partial charge in [-0.1, -0.05) is 18.2 Å². The van der Waals surface area contributed by atoms with Crippen LogP contribution in [0.25, 0.3) is 0 Å². The molecule has 22 heavy (non-hydrogen) atoms. The highest BCUT2D eigenvalue weighted by molar-refractivity contribution is 5.93. The highest BCUT2D eigenvalue weighted by atomic mass is 16.5. The Kier molecular flexibility index (Phi) is 4.34. The Morgan fingerprint density at radius 2 is 2.09 bits per heavy atom. The molecule has 0 unspecified atom stereocenters. The summed E-state index contributed by atoms with van der Waals surface area (Å²) in [6.07, 6.45) is 1.61. The Balaban J connectivity index is 1.77. The maximum Gasteiger partial charge on any atom is 0.272 e. The quantitative estimate of drug-likeness (QED) is 0.944. The molecule has 1 aliphatic heterocycles. The van der Waals surface area contributed by atoms with Gasteiger partial charge >= 0.3 is 0 Å². The number of carbonyl (C=O) groups is 1. The van der Waals surface area contributed by atoms with Crippen molar-refractivity contribution in [2.24, 2.45) is 0 Å². The molecule has 0 spiro atoms. The molecule has 0 radical (unpaired) electrons. The average Bonchev–Trinajstić information content (AvgIpc) is 2.56. The molecule has 3 rings (SSSR count). The van der Waals surface area contributed by atoms with Gasteiger partial charge in [-0.05, 0) is 25.1 Å². The molecule has 1 saturated heterocycles. The molecule has 114 valence electrons. The standard InChI is InChI=1S/C17H19N3O2/c1-13-12-18-9-10-20(13)17(21)16-11-15(7-8-19-16)22-14-5-3-2-4-6-14/h2-8,11,13,18H,9-10,12H2,1H3/t13-/m0/s1. The fourth-order valence-corrected chi connectivity index (χ4v) is 2.51. The molecule has 1 atom stereocenters. The number of hydrogen-bond acceptors (Lipinski definition) is 4. The van der Waals surface area contributed by atoms with E-state index < -0.39 is 0 Å². The fraction of sp³-hybridized carbons (Fsp3) is 0.294. The molecule has 2 heterocycles. The number of rotatable bonds is 3. The van der Waals surface area contributed by atoms with Gasteiger partial charge in [-0.2, -0.15) is 0 Å². The third-order valence-corrected chi connectivity index (χ3v) is 3.69. The molecule has 2 aromatic rings. The first-order chi connectivity index (χ1) is 10.7. The molecule has 1 aromatic heterocycles. The number of hydrogen-bond donors (Lipinski definition) is 1. The van der Waals surface area contributed by atoms with E-state index in [0.29, 0.717) is 18.0 Å². The highest BCUT2D eigenvalue weighted by Crippen LogP contribution is 2.21. The van der Waals surface area contributed by atoms with Crippen LogP contribution >= 0.6 is 0 Å². The molecule has 1 aromatic carbocycles. The van der Waals surface area contributed by atoms with Crippen LogP contribution in [0.4, 0.5) is 0 Å². The summed E-state index contributed by atoms with van der Waals surface area (Å²) in [4.78, 5) is 18.6. The minimum Gasteiger partial charge on any atom is -0.457 e. The van der Waals surface area contributed by atoms with E-state index in [0.717, 1.165) is 18.8 Å². The van der Waals surface area contributed by atoms with Crippen molar-refractivity contribution in [2.45, 2.75) is 13.0 Å². The van der Waals surface area contributed by atoms with E-state index in [9.17, 15) is 4.79 Å². The third-order valence-electron chi connectivity index (χ3n) is 3.69. The molecular formula is C17H19N3O2. The summed E-state index contributed by atoms with van der Waals surface area (Å²) < 4.78 is 5.76. The van der Waals surface area contributed by atoms with E-state index in [1.807, 2.05) is 42.2 Å². The molecule has 5 nitrogen and oxygen atoms in total. The number of nitrogens with one attached hydrogen (secondary N) is 1. The molecule has 1 amide bonds. The van der Waals surface area contributed by atoms with Gasteiger partial charge in [0.05, 0.1) is 0 Å². The number of carbonyl (C=O) groups excluding carboxylic acids is 1. The molecule has 1 aliphatic rings. The lowest BCUT2D eigenvalue weighted by molar-refractivity contribution is 0.0649. The van der Waals surface area contributed by atoms with Gasteiger partial charge in [-0.3, -0.25) is 9.78 Å². The summed E-state index contributed by atoms with van der Waals surface area (Å²) in [5, 5.41) is 3.28. The second-order valence-electron chi connectivity index (χ2n) is 5.34. The second-order valence-corrected chi connectivity index (χ2v) is 5.34. The number of nitrogens with zero attached hydrogens (tertiary/aromatic N) is 2. The smallest absolute Gasteiger partial charge is 0.272 e. The highest BCUT2D eigenvalue weighted by Gasteiger charge is 2.25. The summed E-state index contributed by atoms with van der Waals surface area (Å²) >= 11 is 0. The number of benzene rings is 1.